The zero-order valence-electron chi connectivity index (χ0n) is 10.7. The van der Waals surface area contributed by atoms with E-state index in [2.05, 4.69) is 18.8 Å². The van der Waals surface area contributed by atoms with Crippen LogP contribution in [0.2, 0.25) is 0 Å². The number of imidazole rings is 1. The largest absolute Gasteiger partial charge is 0.458 e. The average Bonchev–Trinajstić information content (AvgIpc) is 2.65. The number of esters is 1. The SMILES string of the molecule is CC(C)CC(C)OC(=O)c1cn(CCN)cn1. The highest BCUT2D eigenvalue weighted by molar-refractivity contribution is 5.87. The Morgan fingerprint density at radius 3 is 2.82 bits per heavy atom. The molecule has 0 saturated heterocycles. The van der Waals surface area contributed by atoms with Crippen molar-refractivity contribution in [1.29, 1.82) is 0 Å². The summed E-state index contributed by atoms with van der Waals surface area (Å²) in [6.45, 7) is 7.27. The lowest BCUT2D eigenvalue weighted by molar-refractivity contribution is 0.0293. The lowest BCUT2D eigenvalue weighted by atomic mass is 10.1. The molecule has 1 heterocycles. The lowest BCUT2D eigenvalue weighted by Crippen LogP contribution is -2.17. The van der Waals surface area contributed by atoms with E-state index in [1.165, 1.54) is 0 Å². The van der Waals surface area contributed by atoms with E-state index < -0.39 is 0 Å². The molecule has 0 spiro atoms. The highest BCUT2D eigenvalue weighted by atomic mass is 16.5. The van der Waals surface area contributed by atoms with Gasteiger partial charge in [-0.05, 0) is 19.3 Å². The van der Waals surface area contributed by atoms with E-state index in [0.29, 0.717) is 24.7 Å². The monoisotopic (exact) mass is 239 g/mol. The second kappa shape index (κ2) is 6.39. The summed E-state index contributed by atoms with van der Waals surface area (Å²) in [7, 11) is 0. The van der Waals surface area contributed by atoms with Gasteiger partial charge in [-0.2, -0.15) is 0 Å². The van der Waals surface area contributed by atoms with Crippen LogP contribution in [0.4, 0.5) is 0 Å². The first-order valence-corrected chi connectivity index (χ1v) is 5.95. The Bertz CT molecular complexity index is 360. The van der Waals surface area contributed by atoms with Gasteiger partial charge in [0.15, 0.2) is 5.69 Å². The molecular weight excluding hydrogens is 218 g/mol. The van der Waals surface area contributed by atoms with Crippen LogP contribution in [0.15, 0.2) is 12.5 Å². The van der Waals surface area contributed by atoms with Crippen LogP contribution in [0.1, 0.15) is 37.7 Å². The number of carbonyl (C=O) groups is 1. The van der Waals surface area contributed by atoms with Crippen molar-refractivity contribution in [2.24, 2.45) is 11.7 Å². The molecule has 0 bridgehead atoms. The van der Waals surface area contributed by atoms with E-state index in [-0.39, 0.29) is 12.1 Å². The maximum atomic E-state index is 11.7. The van der Waals surface area contributed by atoms with E-state index >= 15 is 0 Å². The molecule has 5 nitrogen and oxygen atoms in total. The van der Waals surface area contributed by atoms with E-state index in [1.54, 1.807) is 17.1 Å². The number of aromatic nitrogens is 2. The molecule has 0 radical (unpaired) electrons. The molecule has 5 heteroatoms. The summed E-state index contributed by atoms with van der Waals surface area (Å²) >= 11 is 0. The van der Waals surface area contributed by atoms with Gasteiger partial charge in [0.25, 0.3) is 0 Å². The fourth-order valence-corrected chi connectivity index (χ4v) is 1.69. The van der Waals surface area contributed by atoms with Gasteiger partial charge in [-0.15, -0.1) is 0 Å². The molecule has 17 heavy (non-hydrogen) atoms. The summed E-state index contributed by atoms with van der Waals surface area (Å²) in [5, 5.41) is 0. The fraction of sp³-hybridized carbons (Fsp3) is 0.667. The maximum Gasteiger partial charge on any atom is 0.358 e. The van der Waals surface area contributed by atoms with Gasteiger partial charge in [0.1, 0.15) is 0 Å². The van der Waals surface area contributed by atoms with Crippen LogP contribution in [0, 0.1) is 5.92 Å². The summed E-state index contributed by atoms with van der Waals surface area (Å²) in [4.78, 5) is 15.7. The maximum absolute atomic E-state index is 11.7. The van der Waals surface area contributed by atoms with Crippen molar-refractivity contribution in [3.8, 4) is 0 Å². The predicted octanol–water partition coefficient (Wildman–Crippen LogP) is 1.43. The Balaban J connectivity index is 2.51. The predicted molar refractivity (Wildman–Crippen MR) is 65.6 cm³/mol. The molecule has 1 aromatic rings. The summed E-state index contributed by atoms with van der Waals surface area (Å²) < 4.78 is 7.07. The Morgan fingerprint density at radius 2 is 2.24 bits per heavy atom. The molecule has 1 rings (SSSR count). The Labute approximate surface area is 102 Å². The fourth-order valence-electron chi connectivity index (χ4n) is 1.69. The second-order valence-electron chi connectivity index (χ2n) is 4.63. The third-order valence-electron chi connectivity index (χ3n) is 2.34. The van der Waals surface area contributed by atoms with Crippen molar-refractivity contribution < 1.29 is 9.53 Å². The summed E-state index contributed by atoms with van der Waals surface area (Å²) in [5.74, 6) is 0.140. The van der Waals surface area contributed by atoms with Gasteiger partial charge in [-0.1, -0.05) is 13.8 Å². The van der Waals surface area contributed by atoms with Crippen molar-refractivity contribution >= 4 is 5.97 Å². The highest BCUT2D eigenvalue weighted by Gasteiger charge is 2.15. The van der Waals surface area contributed by atoms with Gasteiger partial charge in [0.05, 0.1) is 12.4 Å². The minimum absolute atomic E-state index is 0.0813. The first kappa shape index (κ1) is 13.7. The van der Waals surface area contributed by atoms with Gasteiger partial charge >= 0.3 is 5.97 Å². The van der Waals surface area contributed by atoms with Crippen LogP contribution < -0.4 is 5.73 Å². The quantitative estimate of drug-likeness (QED) is 0.762. The van der Waals surface area contributed by atoms with Crippen LogP contribution in [0.5, 0.6) is 0 Å². The highest BCUT2D eigenvalue weighted by Crippen LogP contribution is 2.10. The van der Waals surface area contributed by atoms with E-state index in [4.69, 9.17) is 10.5 Å². The van der Waals surface area contributed by atoms with Gasteiger partial charge in [-0.25, -0.2) is 9.78 Å². The number of carbonyl (C=O) groups excluding carboxylic acids is 1. The third kappa shape index (κ3) is 4.56. The van der Waals surface area contributed by atoms with Gasteiger partial charge in [0.2, 0.25) is 0 Å². The van der Waals surface area contributed by atoms with E-state index in [0.717, 1.165) is 6.42 Å². The van der Waals surface area contributed by atoms with Crippen LogP contribution >= 0.6 is 0 Å². The molecule has 0 aliphatic heterocycles. The minimum atomic E-state index is -0.367. The van der Waals surface area contributed by atoms with Crippen LogP contribution in [-0.4, -0.2) is 28.2 Å². The number of nitrogens with two attached hydrogens (primary N) is 1. The molecule has 2 N–H and O–H groups in total. The minimum Gasteiger partial charge on any atom is -0.458 e. The number of hydrogen-bond acceptors (Lipinski definition) is 4. The summed E-state index contributed by atoms with van der Waals surface area (Å²) in [6.07, 6.45) is 4.03. The zero-order valence-corrected chi connectivity index (χ0v) is 10.7. The molecule has 1 atom stereocenters. The summed E-state index contributed by atoms with van der Waals surface area (Å²) in [5.41, 5.74) is 5.76. The first-order chi connectivity index (χ1) is 8.02. The molecule has 0 aliphatic carbocycles. The molecule has 0 fully saturated rings. The molecule has 0 aromatic carbocycles. The molecule has 0 saturated carbocycles. The van der Waals surface area contributed by atoms with Gasteiger partial charge < -0.3 is 15.0 Å². The molecule has 1 unspecified atom stereocenters. The smallest absolute Gasteiger partial charge is 0.358 e. The number of ether oxygens (including phenoxy) is 1. The Hall–Kier alpha value is -1.36. The first-order valence-electron chi connectivity index (χ1n) is 5.95. The third-order valence-corrected chi connectivity index (χ3v) is 2.34. The topological polar surface area (TPSA) is 70.1 Å². The average molecular weight is 239 g/mol. The Kier molecular flexibility index (Phi) is 5.15. The van der Waals surface area contributed by atoms with Crippen molar-refractivity contribution in [1.82, 2.24) is 9.55 Å². The molecule has 96 valence electrons. The van der Waals surface area contributed by atoms with Gasteiger partial charge in [0, 0.05) is 19.3 Å². The van der Waals surface area contributed by atoms with Gasteiger partial charge in [-0.3, -0.25) is 0 Å². The zero-order chi connectivity index (χ0) is 12.8. The number of rotatable bonds is 6. The molecular formula is C12H21N3O2. The molecule has 1 aromatic heterocycles. The van der Waals surface area contributed by atoms with Crippen molar-refractivity contribution in [3.05, 3.63) is 18.2 Å². The lowest BCUT2D eigenvalue weighted by Gasteiger charge is -2.14. The van der Waals surface area contributed by atoms with Crippen molar-refractivity contribution in [3.63, 3.8) is 0 Å². The van der Waals surface area contributed by atoms with E-state index in [9.17, 15) is 4.79 Å². The standard InChI is InChI=1S/C12H21N3O2/c1-9(2)6-10(3)17-12(16)11-7-15(5-4-13)8-14-11/h7-10H,4-6,13H2,1-3H3. The normalized spacial score (nSPS) is 12.8. The Morgan fingerprint density at radius 1 is 1.53 bits per heavy atom. The summed E-state index contributed by atoms with van der Waals surface area (Å²) in [6, 6.07) is 0. The number of hydrogen-bond donors (Lipinski definition) is 1. The number of nitrogens with zero attached hydrogens (tertiary/aromatic N) is 2. The second-order valence-corrected chi connectivity index (χ2v) is 4.63. The molecule has 0 aliphatic rings. The van der Waals surface area contributed by atoms with Crippen molar-refractivity contribution in [2.45, 2.75) is 39.8 Å². The van der Waals surface area contributed by atoms with Crippen LogP contribution in [-0.2, 0) is 11.3 Å². The van der Waals surface area contributed by atoms with Crippen LogP contribution in [0.3, 0.4) is 0 Å². The van der Waals surface area contributed by atoms with Crippen LogP contribution in [0.25, 0.3) is 0 Å². The van der Waals surface area contributed by atoms with E-state index in [1.807, 2.05) is 6.92 Å². The molecule has 0 amide bonds. The van der Waals surface area contributed by atoms with Crippen molar-refractivity contribution in [2.75, 3.05) is 6.54 Å².